The highest BCUT2D eigenvalue weighted by molar-refractivity contribution is 6.09. The van der Waals surface area contributed by atoms with Crippen molar-refractivity contribution in [3.05, 3.63) is 35.4 Å². The van der Waals surface area contributed by atoms with Crippen LogP contribution in [0.1, 0.15) is 35.7 Å². The van der Waals surface area contributed by atoms with Crippen LogP contribution in [0.25, 0.3) is 0 Å². The smallest absolute Gasteiger partial charge is 0.260 e. The minimum Gasteiger partial charge on any atom is -0.317 e. The lowest BCUT2D eigenvalue weighted by atomic mass is 9.98. The first kappa shape index (κ1) is 13.7. The topological polar surface area (TPSA) is 49.4 Å². The number of rotatable bonds is 5. The van der Waals surface area contributed by atoms with Crippen LogP contribution in [-0.4, -0.2) is 36.3 Å². The first-order chi connectivity index (χ1) is 9.13. The summed E-state index contributed by atoms with van der Waals surface area (Å²) < 4.78 is 0. The van der Waals surface area contributed by atoms with Crippen molar-refractivity contribution in [3.63, 3.8) is 0 Å². The van der Waals surface area contributed by atoms with Gasteiger partial charge >= 0.3 is 0 Å². The van der Waals surface area contributed by atoms with E-state index in [1.807, 2.05) is 25.2 Å². The molecule has 0 fully saturated rings. The van der Waals surface area contributed by atoms with E-state index >= 15 is 0 Å². The molecule has 1 heterocycles. The first-order valence-corrected chi connectivity index (χ1v) is 6.73. The van der Waals surface area contributed by atoms with Gasteiger partial charge in [-0.2, -0.15) is 0 Å². The average molecular weight is 260 g/mol. The molecule has 2 amide bonds. The molecule has 0 saturated heterocycles. The van der Waals surface area contributed by atoms with Gasteiger partial charge in [-0.05, 0) is 38.4 Å². The highest BCUT2D eigenvalue weighted by atomic mass is 16.2. The zero-order valence-corrected chi connectivity index (χ0v) is 11.5. The highest BCUT2D eigenvalue weighted by Crippen LogP contribution is 2.19. The minimum atomic E-state index is -0.149. The maximum absolute atomic E-state index is 12.3. The van der Waals surface area contributed by atoms with Crippen molar-refractivity contribution in [1.29, 1.82) is 0 Å². The van der Waals surface area contributed by atoms with Crippen LogP contribution in [0, 0.1) is 0 Å². The van der Waals surface area contributed by atoms with E-state index in [0.717, 1.165) is 18.4 Å². The molecule has 102 valence electrons. The second kappa shape index (κ2) is 5.97. The second-order valence-corrected chi connectivity index (χ2v) is 5.02. The lowest BCUT2D eigenvalue weighted by Gasteiger charge is -2.27. The van der Waals surface area contributed by atoms with Gasteiger partial charge in [0, 0.05) is 18.2 Å². The summed E-state index contributed by atoms with van der Waals surface area (Å²) in [6.45, 7) is 2.60. The number of hydrogen-bond acceptors (Lipinski definition) is 3. The molecule has 1 aromatic rings. The standard InChI is InChI=1S/C15H20N2O2/c1-11(16-2)6-5-9-17-14(18)10-12-7-3-4-8-13(12)15(17)19/h3-4,7-8,11,16H,5-6,9-10H2,1-2H3. The van der Waals surface area contributed by atoms with E-state index in [9.17, 15) is 9.59 Å². The number of fused-ring (bicyclic) bond motifs is 1. The third kappa shape index (κ3) is 3.01. The Bertz CT molecular complexity index is 485. The van der Waals surface area contributed by atoms with E-state index in [1.54, 1.807) is 6.07 Å². The van der Waals surface area contributed by atoms with E-state index in [-0.39, 0.29) is 11.8 Å². The summed E-state index contributed by atoms with van der Waals surface area (Å²) in [7, 11) is 1.91. The summed E-state index contributed by atoms with van der Waals surface area (Å²) in [5.41, 5.74) is 1.51. The molecule has 1 atom stereocenters. The van der Waals surface area contributed by atoms with E-state index < -0.39 is 0 Å². The molecule has 0 aliphatic carbocycles. The van der Waals surface area contributed by atoms with Gasteiger partial charge in [-0.15, -0.1) is 0 Å². The van der Waals surface area contributed by atoms with Gasteiger partial charge < -0.3 is 5.32 Å². The van der Waals surface area contributed by atoms with E-state index in [4.69, 9.17) is 0 Å². The van der Waals surface area contributed by atoms with Crippen LogP contribution in [0.5, 0.6) is 0 Å². The normalized spacial score (nSPS) is 16.4. The molecule has 1 aliphatic heterocycles. The number of carbonyl (C=O) groups excluding carboxylic acids is 2. The Morgan fingerprint density at radius 3 is 2.79 bits per heavy atom. The van der Waals surface area contributed by atoms with Crippen LogP contribution >= 0.6 is 0 Å². The Hall–Kier alpha value is -1.68. The summed E-state index contributed by atoms with van der Waals surface area (Å²) in [5, 5.41) is 3.15. The molecule has 1 N–H and O–H groups in total. The monoisotopic (exact) mass is 260 g/mol. The molecule has 0 saturated carbocycles. The molecule has 0 aromatic heterocycles. The summed E-state index contributed by atoms with van der Waals surface area (Å²) in [5.74, 6) is -0.232. The third-order valence-electron chi connectivity index (χ3n) is 3.65. The van der Waals surface area contributed by atoms with Crippen LogP contribution in [-0.2, 0) is 11.2 Å². The van der Waals surface area contributed by atoms with Crippen molar-refractivity contribution in [1.82, 2.24) is 10.2 Å². The third-order valence-corrected chi connectivity index (χ3v) is 3.65. The Morgan fingerprint density at radius 1 is 1.32 bits per heavy atom. The van der Waals surface area contributed by atoms with Crippen molar-refractivity contribution in [3.8, 4) is 0 Å². The molecule has 4 nitrogen and oxygen atoms in total. The van der Waals surface area contributed by atoms with E-state index in [2.05, 4.69) is 12.2 Å². The molecular formula is C15H20N2O2. The Kier molecular flexibility index (Phi) is 4.32. The lowest BCUT2D eigenvalue weighted by Crippen LogP contribution is -2.43. The van der Waals surface area contributed by atoms with Gasteiger partial charge in [0.15, 0.2) is 0 Å². The molecule has 0 radical (unpaired) electrons. The van der Waals surface area contributed by atoms with Crippen molar-refractivity contribution in [2.45, 2.75) is 32.2 Å². The van der Waals surface area contributed by atoms with Crippen LogP contribution in [0.2, 0.25) is 0 Å². The number of amides is 2. The molecular weight excluding hydrogens is 240 g/mol. The van der Waals surface area contributed by atoms with E-state index in [0.29, 0.717) is 24.6 Å². The summed E-state index contributed by atoms with van der Waals surface area (Å²) in [6.07, 6.45) is 2.13. The molecule has 1 unspecified atom stereocenters. The zero-order valence-electron chi connectivity index (χ0n) is 11.5. The van der Waals surface area contributed by atoms with E-state index in [1.165, 1.54) is 4.90 Å². The number of imide groups is 1. The maximum atomic E-state index is 12.3. The zero-order chi connectivity index (χ0) is 13.8. The first-order valence-electron chi connectivity index (χ1n) is 6.73. The summed E-state index contributed by atoms with van der Waals surface area (Å²) in [4.78, 5) is 25.7. The predicted molar refractivity (Wildman–Crippen MR) is 73.9 cm³/mol. The van der Waals surface area contributed by atoms with Gasteiger partial charge in [-0.25, -0.2) is 0 Å². The van der Waals surface area contributed by atoms with Crippen molar-refractivity contribution >= 4 is 11.8 Å². The SMILES string of the molecule is CNC(C)CCCN1C(=O)Cc2ccccc2C1=O. The average Bonchev–Trinajstić information content (AvgIpc) is 2.42. The van der Waals surface area contributed by atoms with Crippen LogP contribution in [0.4, 0.5) is 0 Å². The molecule has 4 heteroatoms. The lowest BCUT2D eigenvalue weighted by molar-refractivity contribution is -0.128. The minimum absolute atomic E-state index is 0.0826. The Balaban J connectivity index is 2.03. The second-order valence-electron chi connectivity index (χ2n) is 5.02. The van der Waals surface area contributed by atoms with Gasteiger partial charge in [0.25, 0.3) is 5.91 Å². The number of nitrogens with zero attached hydrogens (tertiary/aromatic N) is 1. The van der Waals surface area contributed by atoms with Gasteiger partial charge in [0.05, 0.1) is 6.42 Å². The van der Waals surface area contributed by atoms with Gasteiger partial charge in [-0.3, -0.25) is 14.5 Å². The number of carbonyl (C=O) groups is 2. The fourth-order valence-corrected chi connectivity index (χ4v) is 2.33. The molecule has 19 heavy (non-hydrogen) atoms. The molecule has 2 rings (SSSR count). The van der Waals surface area contributed by atoms with Gasteiger partial charge in [-0.1, -0.05) is 18.2 Å². The quantitative estimate of drug-likeness (QED) is 0.818. The van der Waals surface area contributed by atoms with Crippen molar-refractivity contribution in [2.75, 3.05) is 13.6 Å². The van der Waals surface area contributed by atoms with Crippen LogP contribution in [0.3, 0.4) is 0 Å². The Labute approximate surface area is 113 Å². The van der Waals surface area contributed by atoms with Crippen LogP contribution in [0.15, 0.2) is 24.3 Å². The number of benzene rings is 1. The molecule has 0 bridgehead atoms. The Morgan fingerprint density at radius 2 is 2.05 bits per heavy atom. The summed E-state index contributed by atoms with van der Waals surface area (Å²) in [6, 6.07) is 7.76. The number of hydrogen-bond donors (Lipinski definition) is 1. The summed E-state index contributed by atoms with van der Waals surface area (Å²) >= 11 is 0. The van der Waals surface area contributed by atoms with Gasteiger partial charge in [0.1, 0.15) is 0 Å². The van der Waals surface area contributed by atoms with Crippen molar-refractivity contribution in [2.24, 2.45) is 0 Å². The molecule has 1 aromatic carbocycles. The molecule has 1 aliphatic rings. The predicted octanol–water partition coefficient (Wildman–Crippen LogP) is 1.60. The van der Waals surface area contributed by atoms with Crippen LogP contribution < -0.4 is 5.32 Å². The molecule has 0 spiro atoms. The largest absolute Gasteiger partial charge is 0.317 e. The maximum Gasteiger partial charge on any atom is 0.260 e. The number of nitrogens with one attached hydrogen (secondary N) is 1. The fraction of sp³-hybridized carbons (Fsp3) is 0.467. The fourth-order valence-electron chi connectivity index (χ4n) is 2.33. The highest BCUT2D eigenvalue weighted by Gasteiger charge is 2.29. The van der Waals surface area contributed by atoms with Crippen molar-refractivity contribution < 1.29 is 9.59 Å². The van der Waals surface area contributed by atoms with Gasteiger partial charge in [0.2, 0.25) is 5.91 Å².